The van der Waals surface area contributed by atoms with Crippen molar-refractivity contribution in [1.82, 2.24) is 10.2 Å². The molecule has 1 heterocycles. The highest BCUT2D eigenvalue weighted by atomic mass is 32.2. The molecule has 1 saturated heterocycles. The molecule has 1 N–H and O–H groups in total. The molecule has 6 heteroatoms. The van der Waals surface area contributed by atoms with Gasteiger partial charge in [0, 0.05) is 18.1 Å². The third-order valence-corrected chi connectivity index (χ3v) is 5.40. The summed E-state index contributed by atoms with van der Waals surface area (Å²) in [6.45, 7) is 0.488. The molecule has 1 fully saturated rings. The van der Waals surface area contributed by atoms with Crippen molar-refractivity contribution >= 4 is 23.6 Å². The molecule has 2 aromatic rings. The summed E-state index contributed by atoms with van der Waals surface area (Å²) in [6.07, 6.45) is 0. The molecule has 1 atom stereocenters. The van der Waals surface area contributed by atoms with Crippen LogP contribution in [-0.2, 0) is 21.9 Å². The molecule has 0 saturated carbocycles. The molecule has 2 amide bonds. The van der Waals surface area contributed by atoms with Crippen LogP contribution in [-0.4, -0.2) is 42.2 Å². The van der Waals surface area contributed by atoms with Crippen LogP contribution in [0.1, 0.15) is 11.1 Å². The topological polar surface area (TPSA) is 58.6 Å². The summed E-state index contributed by atoms with van der Waals surface area (Å²) in [5.41, 5.74) is 2.19. The van der Waals surface area contributed by atoms with Gasteiger partial charge in [-0.05, 0) is 23.3 Å². The molecular formula is C20H22N2O3S. The lowest BCUT2D eigenvalue weighted by Gasteiger charge is -2.35. The van der Waals surface area contributed by atoms with Crippen LogP contribution < -0.4 is 10.1 Å². The van der Waals surface area contributed by atoms with E-state index in [-0.39, 0.29) is 18.4 Å². The molecule has 1 aliphatic rings. The fourth-order valence-corrected chi connectivity index (χ4v) is 3.95. The van der Waals surface area contributed by atoms with E-state index in [2.05, 4.69) is 17.4 Å². The molecular weight excluding hydrogens is 348 g/mol. The van der Waals surface area contributed by atoms with Crippen LogP contribution in [0.2, 0.25) is 0 Å². The number of thioether (sulfide) groups is 1. The summed E-state index contributed by atoms with van der Waals surface area (Å²) in [4.78, 5) is 26.4. The Morgan fingerprint density at radius 1 is 1.08 bits per heavy atom. The second kappa shape index (κ2) is 8.76. The Labute approximate surface area is 157 Å². The smallest absolute Gasteiger partial charge is 0.244 e. The van der Waals surface area contributed by atoms with E-state index in [4.69, 9.17) is 4.74 Å². The van der Waals surface area contributed by atoms with Gasteiger partial charge in [0.2, 0.25) is 11.8 Å². The summed E-state index contributed by atoms with van der Waals surface area (Å²) in [6, 6.07) is 17.2. The number of piperazine rings is 1. The van der Waals surface area contributed by atoms with Gasteiger partial charge in [-0.1, -0.05) is 42.5 Å². The van der Waals surface area contributed by atoms with Gasteiger partial charge in [0.25, 0.3) is 0 Å². The van der Waals surface area contributed by atoms with Gasteiger partial charge in [0.15, 0.2) is 0 Å². The van der Waals surface area contributed by atoms with E-state index >= 15 is 0 Å². The molecule has 0 radical (unpaired) electrons. The van der Waals surface area contributed by atoms with Crippen LogP contribution in [0.15, 0.2) is 54.6 Å². The van der Waals surface area contributed by atoms with Crippen molar-refractivity contribution in [3.8, 4) is 5.75 Å². The molecule has 5 nitrogen and oxygen atoms in total. The number of nitrogens with one attached hydrogen (secondary N) is 1. The first-order valence-corrected chi connectivity index (χ1v) is 9.64. The SMILES string of the molecule is COc1ccc(CN2C(=O)CNC(=O)[C@@H]2CSCc2ccccc2)cc1. The number of nitrogens with zero attached hydrogens (tertiary/aromatic N) is 1. The van der Waals surface area contributed by atoms with Gasteiger partial charge in [0.05, 0.1) is 13.7 Å². The predicted molar refractivity (Wildman–Crippen MR) is 103 cm³/mol. The van der Waals surface area contributed by atoms with Crippen molar-refractivity contribution in [2.45, 2.75) is 18.3 Å². The number of rotatable bonds is 7. The largest absolute Gasteiger partial charge is 0.497 e. The van der Waals surface area contributed by atoms with Gasteiger partial charge in [-0.15, -0.1) is 0 Å². The average Bonchev–Trinajstić information content (AvgIpc) is 2.68. The molecule has 0 spiro atoms. The van der Waals surface area contributed by atoms with Crippen molar-refractivity contribution in [3.63, 3.8) is 0 Å². The summed E-state index contributed by atoms with van der Waals surface area (Å²) in [5, 5.41) is 2.70. The Morgan fingerprint density at radius 3 is 2.50 bits per heavy atom. The summed E-state index contributed by atoms with van der Waals surface area (Å²) in [5.74, 6) is 2.02. The molecule has 3 rings (SSSR count). The lowest BCUT2D eigenvalue weighted by molar-refractivity contribution is -0.145. The van der Waals surface area contributed by atoms with E-state index < -0.39 is 6.04 Å². The summed E-state index contributed by atoms with van der Waals surface area (Å²) < 4.78 is 5.17. The zero-order valence-corrected chi connectivity index (χ0v) is 15.5. The van der Waals surface area contributed by atoms with Gasteiger partial charge in [-0.25, -0.2) is 0 Å². The normalized spacial score (nSPS) is 17.1. The van der Waals surface area contributed by atoms with Crippen LogP contribution in [0.4, 0.5) is 0 Å². The Bertz CT molecular complexity index is 749. The maximum absolute atomic E-state index is 12.4. The Kier molecular flexibility index (Phi) is 6.17. The van der Waals surface area contributed by atoms with Crippen molar-refractivity contribution < 1.29 is 14.3 Å². The second-order valence-electron chi connectivity index (χ2n) is 6.10. The number of hydrogen-bond acceptors (Lipinski definition) is 4. The van der Waals surface area contributed by atoms with Gasteiger partial charge < -0.3 is 15.0 Å². The fraction of sp³-hybridized carbons (Fsp3) is 0.300. The zero-order chi connectivity index (χ0) is 18.4. The van der Waals surface area contributed by atoms with Crippen molar-refractivity contribution in [3.05, 3.63) is 65.7 Å². The summed E-state index contributed by atoms with van der Waals surface area (Å²) >= 11 is 1.66. The highest BCUT2D eigenvalue weighted by Gasteiger charge is 2.34. The molecule has 26 heavy (non-hydrogen) atoms. The van der Waals surface area contributed by atoms with Gasteiger partial charge >= 0.3 is 0 Å². The first-order valence-electron chi connectivity index (χ1n) is 8.49. The minimum absolute atomic E-state index is 0.0503. The molecule has 0 aromatic heterocycles. The number of hydrogen-bond donors (Lipinski definition) is 1. The van der Waals surface area contributed by atoms with Crippen LogP contribution in [0.25, 0.3) is 0 Å². The quantitative estimate of drug-likeness (QED) is 0.813. The lowest BCUT2D eigenvalue weighted by atomic mass is 10.1. The van der Waals surface area contributed by atoms with E-state index in [1.54, 1.807) is 23.8 Å². The average molecular weight is 370 g/mol. The first kappa shape index (κ1) is 18.3. The number of benzene rings is 2. The van der Waals surface area contributed by atoms with Gasteiger partial charge in [0.1, 0.15) is 11.8 Å². The number of methoxy groups -OCH3 is 1. The van der Waals surface area contributed by atoms with Crippen LogP contribution >= 0.6 is 11.8 Å². The Balaban J connectivity index is 1.65. The Morgan fingerprint density at radius 2 is 1.81 bits per heavy atom. The standard InChI is InChI=1S/C20H22N2O3S/c1-25-17-9-7-15(8-10-17)12-22-18(20(24)21-11-19(22)23)14-26-13-16-5-3-2-4-6-16/h2-10,18H,11-14H2,1H3,(H,21,24)/t18-/m0/s1. The fourth-order valence-electron chi connectivity index (χ4n) is 2.85. The van der Waals surface area contributed by atoms with Gasteiger partial charge in [-0.2, -0.15) is 11.8 Å². The molecule has 0 bridgehead atoms. The number of ether oxygens (including phenoxy) is 1. The van der Waals surface area contributed by atoms with E-state index in [1.165, 1.54) is 5.56 Å². The minimum Gasteiger partial charge on any atom is -0.497 e. The van der Waals surface area contributed by atoms with E-state index in [9.17, 15) is 9.59 Å². The number of amides is 2. The maximum Gasteiger partial charge on any atom is 0.244 e. The van der Waals surface area contributed by atoms with Gasteiger partial charge in [-0.3, -0.25) is 9.59 Å². The van der Waals surface area contributed by atoms with Crippen LogP contribution in [0.5, 0.6) is 5.75 Å². The Hall–Kier alpha value is -2.47. The van der Waals surface area contributed by atoms with Crippen molar-refractivity contribution in [2.75, 3.05) is 19.4 Å². The lowest BCUT2D eigenvalue weighted by Crippen LogP contribution is -2.58. The van der Waals surface area contributed by atoms with E-state index in [1.807, 2.05) is 42.5 Å². The van der Waals surface area contributed by atoms with E-state index in [0.29, 0.717) is 12.3 Å². The van der Waals surface area contributed by atoms with Crippen LogP contribution in [0, 0.1) is 0 Å². The van der Waals surface area contributed by atoms with Crippen LogP contribution in [0.3, 0.4) is 0 Å². The highest BCUT2D eigenvalue weighted by molar-refractivity contribution is 7.98. The maximum atomic E-state index is 12.4. The highest BCUT2D eigenvalue weighted by Crippen LogP contribution is 2.20. The first-order chi connectivity index (χ1) is 12.7. The molecule has 1 aliphatic heterocycles. The summed E-state index contributed by atoms with van der Waals surface area (Å²) in [7, 11) is 1.62. The number of carbonyl (C=O) groups is 2. The predicted octanol–water partition coefficient (Wildman–Crippen LogP) is 2.46. The minimum atomic E-state index is -0.452. The molecule has 0 aliphatic carbocycles. The third-order valence-electron chi connectivity index (χ3n) is 4.31. The van der Waals surface area contributed by atoms with E-state index in [0.717, 1.165) is 17.1 Å². The second-order valence-corrected chi connectivity index (χ2v) is 7.13. The molecule has 136 valence electrons. The number of carbonyl (C=O) groups excluding carboxylic acids is 2. The molecule has 2 aromatic carbocycles. The monoisotopic (exact) mass is 370 g/mol. The zero-order valence-electron chi connectivity index (χ0n) is 14.7. The molecule has 0 unspecified atom stereocenters. The van der Waals surface area contributed by atoms with Crippen molar-refractivity contribution in [2.24, 2.45) is 0 Å². The third kappa shape index (κ3) is 4.58. The van der Waals surface area contributed by atoms with Crippen molar-refractivity contribution in [1.29, 1.82) is 0 Å².